The zero-order valence-electron chi connectivity index (χ0n) is 14.7. The summed E-state index contributed by atoms with van der Waals surface area (Å²) in [5.74, 6) is 1.33. The van der Waals surface area contributed by atoms with E-state index >= 15 is 0 Å². The van der Waals surface area contributed by atoms with Crippen molar-refractivity contribution in [3.8, 4) is 5.82 Å². The Morgan fingerprint density at radius 1 is 1.04 bits per heavy atom. The van der Waals surface area contributed by atoms with Gasteiger partial charge in [-0.25, -0.2) is 9.97 Å². The number of carbonyl (C=O) groups is 1. The lowest BCUT2D eigenvalue weighted by Crippen LogP contribution is -2.32. The minimum absolute atomic E-state index is 0.0856. The van der Waals surface area contributed by atoms with E-state index < -0.39 is 0 Å². The van der Waals surface area contributed by atoms with Crippen LogP contribution in [0.15, 0.2) is 67.4 Å². The van der Waals surface area contributed by atoms with E-state index in [4.69, 9.17) is 0 Å². The number of pyridine rings is 1. The topological polar surface area (TPSA) is 51.0 Å². The SMILES string of the molecule is O=C(c1ccnc(-n2ccnc2)c1)N1CCCC(c2ccccc2)CC1. The fraction of sp³-hybridized carbons (Fsp3) is 0.286. The largest absolute Gasteiger partial charge is 0.339 e. The molecule has 1 fully saturated rings. The third kappa shape index (κ3) is 3.52. The Balaban J connectivity index is 1.48. The van der Waals surface area contributed by atoms with Crippen LogP contribution in [-0.4, -0.2) is 38.4 Å². The molecule has 3 aromatic rings. The normalized spacial score (nSPS) is 17.7. The van der Waals surface area contributed by atoms with E-state index in [-0.39, 0.29) is 5.91 Å². The van der Waals surface area contributed by atoms with Crippen molar-refractivity contribution in [2.75, 3.05) is 13.1 Å². The molecule has 5 nitrogen and oxygen atoms in total. The predicted octanol–water partition coefficient (Wildman–Crippen LogP) is 3.68. The van der Waals surface area contributed by atoms with Crippen molar-refractivity contribution in [2.45, 2.75) is 25.2 Å². The highest BCUT2D eigenvalue weighted by Gasteiger charge is 2.22. The van der Waals surface area contributed by atoms with Crippen LogP contribution in [0.2, 0.25) is 0 Å². The molecule has 1 saturated heterocycles. The average molecular weight is 346 g/mol. The first-order valence-corrected chi connectivity index (χ1v) is 9.10. The lowest BCUT2D eigenvalue weighted by Gasteiger charge is -2.21. The van der Waals surface area contributed by atoms with Gasteiger partial charge in [0.2, 0.25) is 0 Å². The number of likely N-dealkylation sites (tertiary alicyclic amines) is 1. The van der Waals surface area contributed by atoms with Gasteiger partial charge in [-0.05, 0) is 42.9 Å². The van der Waals surface area contributed by atoms with Gasteiger partial charge in [-0.3, -0.25) is 9.36 Å². The molecule has 0 spiro atoms. The van der Waals surface area contributed by atoms with Crippen LogP contribution in [0.1, 0.15) is 41.1 Å². The van der Waals surface area contributed by atoms with Crippen molar-refractivity contribution in [3.63, 3.8) is 0 Å². The van der Waals surface area contributed by atoms with Crippen molar-refractivity contribution >= 4 is 5.91 Å². The molecule has 0 radical (unpaired) electrons. The molecule has 1 amide bonds. The number of benzene rings is 1. The number of carbonyl (C=O) groups excluding carboxylic acids is 1. The molecular formula is C21H22N4O. The maximum Gasteiger partial charge on any atom is 0.254 e. The molecule has 3 heterocycles. The monoisotopic (exact) mass is 346 g/mol. The summed E-state index contributed by atoms with van der Waals surface area (Å²) in [4.78, 5) is 23.3. The number of rotatable bonds is 3. The number of nitrogens with zero attached hydrogens (tertiary/aromatic N) is 4. The molecule has 0 saturated carbocycles. The van der Waals surface area contributed by atoms with Gasteiger partial charge >= 0.3 is 0 Å². The number of hydrogen-bond donors (Lipinski definition) is 0. The maximum absolute atomic E-state index is 13.0. The minimum Gasteiger partial charge on any atom is -0.339 e. The van der Waals surface area contributed by atoms with Crippen LogP contribution in [0, 0.1) is 0 Å². The van der Waals surface area contributed by atoms with Gasteiger partial charge in [0.05, 0.1) is 0 Å². The van der Waals surface area contributed by atoms with Crippen LogP contribution in [0.3, 0.4) is 0 Å². The Morgan fingerprint density at radius 3 is 2.73 bits per heavy atom. The molecule has 1 aliphatic heterocycles. The Hall–Kier alpha value is -2.95. The van der Waals surface area contributed by atoms with Crippen molar-refractivity contribution in [2.24, 2.45) is 0 Å². The van der Waals surface area contributed by atoms with E-state index in [1.807, 2.05) is 21.7 Å². The molecular weight excluding hydrogens is 324 g/mol. The fourth-order valence-corrected chi connectivity index (χ4v) is 3.63. The second-order valence-corrected chi connectivity index (χ2v) is 6.70. The molecule has 1 aromatic carbocycles. The van der Waals surface area contributed by atoms with Gasteiger partial charge in [0.15, 0.2) is 0 Å². The highest BCUT2D eigenvalue weighted by Crippen LogP contribution is 2.28. The summed E-state index contributed by atoms with van der Waals surface area (Å²) in [6.07, 6.45) is 10.1. The van der Waals surface area contributed by atoms with E-state index in [1.54, 1.807) is 24.8 Å². The van der Waals surface area contributed by atoms with Crippen molar-refractivity contribution in [1.29, 1.82) is 0 Å². The van der Waals surface area contributed by atoms with Crippen LogP contribution in [0.5, 0.6) is 0 Å². The Morgan fingerprint density at radius 2 is 1.92 bits per heavy atom. The quantitative estimate of drug-likeness (QED) is 0.727. The summed E-state index contributed by atoms with van der Waals surface area (Å²) >= 11 is 0. The molecule has 5 heteroatoms. The molecule has 0 aliphatic carbocycles. The first-order chi connectivity index (χ1) is 12.8. The lowest BCUT2D eigenvalue weighted by atomic mass is 9.92. The van der Waals surface area contributed by atoms with Gasteiger partial charge in [0, 0.05) is 37.2 Å². The third-order valence-corrected chi connectivity index (χ3v) is 5.05. The molecule has 1 aliphatic rings. The average Bonchev–Trinajstić information content (AvgIpc) is 3.13. The summed E-state index contributed by atoms with van der Waals surface area (Å²) in [5, 5.41) is 0. The van der Waals surface area contributed by atoms with E-state index in [0.717, 1.165) is 32.4 Å². The number of amides is 1. The fourth-order valence-electron chi connectivity index (χ4n) is 3.63. The second kappa shape index (κ2) is 7.52. The first-order valence-electron chi connectivity index (χ1n) is 9.10. The molecule has 0 bridgehead atoms. The van der Waals surface area contributed by atoms with Crippen molar-refractivity contribution in [3.05, 3.63) is 78.5 Å². The summed E-state index contributed by atoms with van der Waals surface area (Å²) in [7, 11) is 0. The van der Waals surface area contributed by atoms with Crippen LogP contribution >= 0.6 is 0 Å². The van der Waals surface area contributed by atoms with Gasteiger partial charge < -0.3 is 4.90 Å². The van der Waals surface area contributed by atoms with Crippen LogP contribution in [0.25, 0.3) is 5.82 Å². The summed E-state index contributed by atoms with van der Waals surface area (Å²) in [6.45, 7) is 1.60. The van der Waals surface area contributed by atoms with Gasteiger partial charge in [-0.1, -0.05) is 30.3 Å². The van der Waals surface area contributed by atoms with E-state index in [0.29, 0.717) is 17.3 Å². The highest BCUT2D eigenvalue weighted by molar-refractivity contribution is 5.94. The first kappa shape index (κ1) is 16.5. The Kier molecular flexibility index (Phi) is 4.78. The highest BCUT2D eigenvalue weighted by atomic mass is 16.2. The van der Waals surface area contributed by atoms with Gasteiger partial charge in [-0.2, -0.15) is 0 Å². The molecule has 132 valence electrons. The number of imidazole rings is 1. The molecule has 1 atom stereocenters. The van der Waals surface area contributed by atoms with E-state index in [1.165, 1.54) is 5.56 Å². The Bertz CT molecular complexity index is 861. The van der Waals surface area contributed by atoms with Gasteiger partial charge in [-0.15, -0.1) is 0 Å². The summed E-state index contributed by atoms with van der Waals surface area (Å²) < 4.78 is 1.81. The maximum atomic E-state index is 13.0. The second-order valence-electron chi connectivity index (χ2n) is 6.70. The Labute approximate surface area is 153 Å². The molecule has 26 heavy (non-hydrogen) atoms. The van der Waals surface area contributed by atoms with Gasteiger partial charge in [0.25, 0.3) is 5.91 Å². The zero-order valence-corrected chi connectivity index (χ0v) is 14.7. The zero-order chi connectivity index (χ0) is 17.8. The molecule has 4 rings (SSSR count). The lowest BCUT2D eigenvalue weighted by molar-refractivity contribution is 0.0761. The van der Waals surface area contributed by atoms with E-state index in [9.17, 15) is 4.79 Å². The van der Waals surface area contributed by atoms with Crippen LogP contribution < -0.4 is 0 Å². The smallest absolute Gasteiger partial charge is 0.254 e. The van der Waals surface area contributed by atoms with Crippen molar-refractivity contribution in [1.82, 2.24) is 19.4 Å². The van der Waals surface area contributed by atoms with Crippen molar-refractivity contribution < 1.29 is 4.79 Å². The number of hydrogen-bond acceptors (Lipinski definition) is 3. The standard InChI is InChI=1S/C21H22N4O/c26-21(19-8-10-23-20(15-19)25-14-11-22-16-25)24-12-4-7-18(9-13-24)17-5-2-1-3-6-17/h1-3,5-6,8,10-11,14-16,18H,4,7,9,12-13H2. The molecule has 0 N–H and O–H groups in total. The third-order valence-electron chi connectivity index (χ3n) is 5.05. The molecule has 1 unspecified atom stereocenters. The number of aromatic nitrogens is 3. The summed E-state index contributed by atoms with van der Waals surface area (Å²) in [6, 6.07) is 14.3. The van der Waals surface area contributed by atoms with Gasteiger partial charge in [0.1, 0.15) is 12.1 Å². The van der Waals surface area contributed by atoms with Crippen LogP contribution in [0.4, 0.5) is 0 Å². The predicted molar refractivity (Wildman–Crippen MR) is 100 cm³/mol. The minimum atomic E-state index is 0.0856. The molecule has 2 aromatic heterocycles. The summed E-state index contributed by atoms with van der Waals surface area (Å²) in [5.41, 5.74) is 2.06. The van der Waals surface area contributed by atoms with E-state index in [2.05, 4.69) is 40.3 Å². The van der Waals surface area contributed by atoms with Crippen LogP contribution in [-0.2, 0) is 0 Å².